The lowest BCUT2D eigenvalue weighted by atomic mass is 9.89. The third-order valence-electron chi connectivity index (χ3n) is 4.11. The first-order valence-electron chi connectivity index (χ1n) is 7.75. The number of benzene rings is 1. The Labute approximate surface area is 127 Å². The predicted molar refractivity (Wildman–Crippen MR) is 83.3 cm³/mol. The van der Waals surface area contributed by atoms with Crippen LogP contribution in [0.2, 0.25) is 0 Å². The van der Waals surface area contributed by atoms with Gasteiger partial charge in [0.05, 0.1) is 0 Å². The topological polar surface area (TPSA) is 23.5 Å². The van der Waals surface area contributed by atoms with E-state index >= 15 is 0 Å². The summed E-state index contributed by atoms with van der Waals surface area (Å²) >= 11 is 0. The van der Waals surface area contributed by atoms with E-state index in [0.717, 1.165) is 24.6 Å². The summed E-state index contributed by atoms with van der Waals surface area (Å²) in [6.45, 7) is 1.66. The SMILES string of the molecule is CN(Cc1ccc(F)cc1C#CCO)CC1CCCCC1. The van der Waals surface area contributed by atoms with Crippen molar-refractivity contribution in [3.63, 3.8) is 0 Å². The van der Waals surface area contributed by atoms with E-state index < -0.39 is 0 Å². The standard InChI is InChI=1S/C18H24FNO/c1-20(13-15-6-3-2-4-7-15)14-17-9-10-18(19)12-16(17)8-5-11-21/h9-10,12,15,21H,2-4,6-7,11,13-14H2,1H3. The molecule has 0 heterocycles. The van der Waals surface area contributed by atoms with Crippen LogP contribution in [0.1, 0.15) is 43.2 Å². The normalized spacial score (nSPS) is 15.8. The molecule has 0 amide bonds. The van der Waals surface area contributed by atoms with E-state index in [1.165, 1.54) is 44.2 Å². The summed E-state index contributed by atoms with van der Waals surface area (Å²) in [5.41, 5.74) is 1.70. The quantitative estimate of drug-likeness (QED) is 0.861. The van der Waals surface area contributed by atoms with Gasteiger partial charge in [0.25, 0.3) is 0 Å². The Hall–Kier alpha value is -1.37. The highest BCUT2D eigenvalue weighted by Crippen LogP contribution is 2.24. The van der Waals surface area contributed by atoms with Crippen molar-refractivity contribution in [3.8, 4) is 11.8 Å². The number of aliphatic hydroxyl groups is 1. The lowest BCUT2D eigenvalue weighted by Crippen LogP contribution is -2.27. The molecule has 0 spiro atoms. The summed E-state index contributed by atoms with van der Waals surface area (Å²) in [4.78, 5) is 2.30. The molecule has 1 aromatic rings. The third kappa shape index (κ3) is 5.15. The van der Waals surface area contributed by atoms with Crippen molar-refractivity contribution in [1.29, 1.82) is 0 Å². The fourth-order valence-electron chi connectivity index (χ4n) is 3.10. The van der Waals surface area contributed by atoms with Crippen molar-refractivity contribution in [1.82, 2.24) is 4.90 Å². The van der Waals surface area contributed by atoms with E-state index in [1.54, 1.807) is 6.07 Å². The first-order chi connectivity index (χ1) is 10.2. The fourth-order valence-corrected chi connectivity index (χ4v) is 3.10. The Balaban J connectivity index is 2.00. The minimum atomic E-state index is -0.282. The average molecular weight is 289 g/mol. The molecular weight excluding hydrogens is 265 g/mol. The Kier molecular flexibility index (Phi) is 6.22. The number of halogens is 1. The van der Waals surface area contributed by atoms with Crippen molar-refractivity contribution in [3.05, 3.63) is 35.1 Å². The molecular formula is C18H24FNO. The van der Waals surface area contributed by atoms with Crippen molar-refractivity contribution in [2.24, 2.45) is 5.92 Å². The molecule has 0 radical (unpaired) electrons. The molecule has 1 aliphatic carbocycles. The van der Waals surface area contributed by atoms with Gasteiger partial charge >= 0.3 is 0 Å². The van der Waals surface area contributed by atoms with Gasteiger partial charge < -0.3 is 10.0 Å². The Morgan fingerprint density at radius 1 is 1.29 bits per heavy atom. The molecule has 2 nitrogen and oxygen atoms in total. The molecule has 0 atom stereocenters. The van der Waals surface area contributed by atoms with Crippen LogP contribution in [-0.4, -0.2) is 30.2 Å². The summed E-state index contributed by atoms with van der Waals surface area (Å²) in [6.07, 6.45) is 6.72. The van der Waals surface area contributed by atoms with E-state index in [9.17, 15) is 4.39 Å². The smallest absolute Gasteiger partial charge is 0.124 e. The van der Waals surface area contributed by atoms with Crippen LogP contribution in [0.5, 0.6) is 0 Å². The van der Waals surface area contributed by atoms with Crippen LogP contribution < -0.4 is 0 Å². The summed E-state index contributed by atoms with van der Waals surface area (Å²) in [7, 11) is 2.11. The first-order valence-corrected chi connectivity index (χ1v) is 7.75. The number of rotatable bonds is 4. The molecule has 2 rings (SSSR count). The first kappa shape index (κ1) is 16.0. The maximum atomic E-state index is 13.3. The van der Waals surface area contributed by atoms with Gasteiger partial charge in [-0.2, -0.15) is 0 Å². The van der Waals surface area contributed by atoms with Gasteiger partial charge in [-0.3, -0.25) is 0 Å². The van der Waals surface area contributed by atoms with Gasteiger partial charge in [0, 0.05) is 18.7 Å². The van der Waals surface area contributed by atoms with Crippen molar-refractivity contribution in [2.45, 2.75) is 38.6 Å². The van der Waals surface area contributed by atoms with Gasteiger partial charge in [0.15, 0.2) is 0 Å². The minimum Gasteiger partial charge on any atom is -0.384 e. The molecule has 3 heteroatoms. The van der Waals surface area contributed by atoms with Gasteiger partial charge in [-0.1, -0.05) is 37.2 Å². The molecule has 0 aromatic heterocycles. The van der Waals surface area contributed by atoms with Crippen LogP contribution >= 0.6 is 0 Å². The lowest BCUT2D eigenvalue weighted by Gasteiger charge is -2.27. The lowest BCUT2D eigenvalue weighted by molar-refractivity contribution is 0.228. The number of aliphatic hydroxyl groups excluding tert-OH is 1. The van der Waals surface area contributed by atoms with Crippen LogP contribution in [0.25, 0.3) is 0 Å². The highest BCUT2D eigenvalue weighted by molar-refractivity contribution is 5.41. The van der Waals surface area contributed by atoms with Crippen molar-refractivity contribution in [2.75, 3.05) is 20.2 Å². The molecule has 114 valence electrons. The molecule has 0 unspecified atom stereocenters. The molecule has 1 N–H and O–H groups in total. The molecule has 21 heavy (non-hydrogen) atoms. The molecule has 1 fully saturated rings. The summed E-state index contributed by atoms with van der Waals surface area (Å²) in [6, 6.07) is 4.73. The highest BCUT2D eigenvalue weighted by atomic mass is 19.1. The third-order valence-corrected chi connectivity index (χ3v) is 4.11. The molecule has 0 saturated heterocycles. The maximum absolute atomic E-state index is 13.3. The molecule has 1 aliphatic rings. The fraction of sp³-hybridized carbons (Fsp3) is 0.556. The molecule has 1 saturated carbocycles. The number of hydrogen-bond acceptors (Lipinski definition) is 2. The monoisotopic (exact) mass is 289 g/mol. The maximum Gasteiger partial charge on any atom is 0.124 e. The van der Waals surface area contributed by atoms with Gasteiger partial charge in [-0.25, -0.2) is 4.39 Å². The van der Waals surface area contributed by atoms with Crippen LogP contribution in [0.3, 0.4) is 0 Å². The second-order valence-corrected chi connectivity index (χ2v) is 5.96. The largest absolute Gasteiger partial charge is 0.384 e. The summed E-state index contributed by atoms with van der Waals surface area (Å²) in [5.74, 6) is 5.96. The van der Waals surface area contributed by atoms with Crippen LogP contribution in [0.4, 0.5) is 4.39 Å². The van der Waals surface area contributed by atoms with E-state index in [1.807, 2.05) is 0 Å². The van der Waals surface area contributed by atoms with Gasteiger partial charge in [-0.05, 0) is 43.5 Å². The van der Waals surface area contributed by atoms with Gasteiger partial charge in [0.1, 0.15) is 12.4 Å². The van der Waals surface area contributed by atoms with E-state index in [4.69, 9.17) is 5.11 Å². The second kappa shape index (κ2) is 8.17. The van der Waals surface area contributed by atoms with Crippen molar-refractivity contribution >= 4 is 0 Å². The number of hydrogen-bond donors (Lipinski definition) is 1. The average Bonchev–Trinajstić information content (AvgIpc) is 2.48. The van der Waals surface area contributed by atoms with E-state index in [-0.39, 0.29) is 12.4 Å². The molecule has 0 bridgehead atoms. The molecule has 1 aromatic carbocycles. The Morgan fingerprint density at radius 2 is 2.05 bits per heavy atom. The van der Waals surface area contributed by atoms with Crippen LogP contribution in [-0.2, 0) is 6.54 Å². The van der Waals surface area contributed by atoms with Crippen LogP contribution in [0.15, 0.2) is 18.2 Å². The van der Waals surface area contributed by atoms with Crippen LogP contribution in [0, 0.1) is 23.6 Å². The van der Waals surface area contributed by atoms with E-state index in [2.05, 4.69) is 23.8 Å². The zero-order valence-corrected chi connectivity index (χ0v) is 12.7. The van der Waals surface area contributed by atoms with Gasteiger partial charge in [-0.15, -0.1) is 0 Å². The molecule has 0 aliphatic heterocycles. The summed E-state index contributed by atoms with van der Waals surface area (Å²) < 4.78 is 13.3. The Bertz CT molecular complexity index is 512. The van der Waals surface area contributed by atoms with E-state index in [0.29, 0.717) is 5.56 Å². The Morgan fingerprint density at radius 3 is 2.76 bits per heavy atom. The second-order valence-electron chi connectivity index (χ2n) is 5.96. The number of nitrogens with zero attached hydrogens (tertiary/aromatic N) is 1. The highest BCUT2D eigenvalue weighted by Gasteiger charge is 2.16. The minimum absolute atomic E-state index is 0.201. The zero-order valence-electron chi connectivity index (χ0n) is 12.7. The van der Waals surface area contributed by atoms with Gasteiger partial charge in [0.2, 0.25) is 0 Å². The zero-order chi connectivity index (χ0) is 15.1. The van der Waals surface area contributed by atoms with Crippen molar-refractivity contribution < 1.29 is 9.50 Å². The predicted octanol–water partition coefficient (Wildman–Crippen LogP) is 3.18. The summed E-state index contributed by atoms with van der Waals surface area (Å²) in [5, 5.41) is 8.81.